The largest absolute Gasteiger partial charge is 0.302 e. The highest BCUT2D eigenvalue weighted by molar-refractivity contribution is 7.83. The smallest absolute Gasteiger partial charge is 0.182 e. The van der Waals surface area contributed by atoms with Crippen LogP contribution in [0.3, 0.4) is 0 Å². The van der Waals surface area contributed by atoms with Crippen LogP contribution in [0, 0.1) is 0 Å². The van der Waals surface area contributed by atoms with E-state index in [9.17, 15) is 9.00 Å². The molecule has 1 aromatic rings. The predicted molar refractivity (Wildman–Crippen MR) is 70.2 cm³/mol. The molecule has 2 atom stereocenters. The molecule has 4 nitrogen and oxygen atoms in total. The second-order valence-corrected chi connectivity index (χ2v) is 5.38. The lowest BCUT2D eigenvalue weighted by Gasteiger charge is -2.21. The number of aldehydes is 1. The van der Waals surface area contributed by atoms with Gasteiger partial charge in [-0.1, -0.05) is 30.3 Å². The Balaban J connectivity index is 2.07. The van der Waals surface area contributed by atoms with Crippen LogP contribution in [0.2, 0.25) is 0 Å². The van der Waals surface area contributed by atoms with Crippen molar-refractivity contribution in [2.24, 2.45) is 0 Å². The number of carbonyl (C=O) groups is 1. The summed E-state index contributed by atoms with van der Waals surface area (Å²) in [6.07, 6.45) is 3.41. The highest BCUT2D eigenvalue weighted by atomic mass is 32.2. The number of rotatable bonds is 5. The van der Waals surface area contributed by atoms with Gasteiger partial charge in [-0.3, -0.25) is 5.32 Å². The molecule has 96 valence electrons. The number of benzene rings is 1. The van der Waals surface area contributed by atoms with E-state index in [0.29, 0.717) is 24.3 Å². The van der Waals surface area contributed by atoms with E-state index in [0.717, 1.165) is 11.8 Å². The van der Waals surface area contributed by atoms with Crippen LogP contribution in [0.4, 0.5) is 0 Å². The van der Waals surface area contributed by atoms with Gasteiger partial charge in [0, 0.05) is 11.4 Å². The molecule has 2 N–H and O–H groups in total. The molecule has 18 heavy (non-hydrogen) atoms. The van der Waals surface area contributed by atoms with Gasteiger partial charge in [0.15, 0.2) is 11.1 Å². The molecule has 1 unspecified atom stereocenters. The van der Waals surface area contributed by atoms with E-state index in [1.807, 2.05) is 30.3 Å². The topological polar surface area (TPSA) is 66.4 Å². The van der Waals surface area contributed by atoms with Crippen LogP contribution in [0.25, 0.3) is 0 Å². The fourth-order valence-corrected chi connectivity index (χ4v) is 2.62. The Morgan fingerprint density at radius 2 is 2.11 bits per heavy atom. The highest BCUT2D eigenvalue weighted by Crippen LogP contribution is 2.28. The zero-order valence-corrected chi connectivity index (χ0v) is 10.7. The van der Waals surface area contributed by atoms with E-state index < -0.39 is 16.6 Å². The third-order valence-corrected chi connectivity index (χ3v) is 3.87. The van der Waals surface area contributed by atoms with E-state index in [1.54, 1.807) is 6.08 Å². The van der Waals surface area contributed by atoms with E-state index in [-0.39, 0.29) is 0 Å². The zero-order chi connectivity index (χ0) is 13.0. The summed E-state index contributed by atoms with van der Waals surface area (Å²) < 4.78 is 20.0. The molecule has 1 aromatic carbocycles. The Kier molecular flexibility index (Phi) is 4.06. The standard InChI is InChI=1S/C13H15NO3S/c15-10-13(7-6-12(8-13)18(16)17)14-9-11-4-2-1-3-5-11/h1-5,8,10,14H,6-7,9H2,(H,16,17)/t13-/m0/s1. The second kappa shape index (κ2) is 5.56. The Labute approximate surface area is 108 Å². The summed E-state index contributed by atoms with van der Waals surface area (Å²) in [6.45, 7) is 0.557. The highest BCUT2D eigenvalue weighted by Gasteiger charge is 2.33. The lowest BCUT2D eigenvalue weighted by molar-refractivity contribution is -0.111. The summed E-state index contributed by atoms with van der Waals surface area (Å²) in [7, 11) is 0. The summed E-state index contributed by atoms with van der Waals surface area (Å²) in [4.78, 5) is 11.6. The number of carbonyl (C=O) groups excluding carboxylic acids is 1. The first kappa shape index (κ1) is 13.1. The lowest BCUT2D eigenvalue weighted by atomic mass is 10.0. The van der Waals surface area contributed by atoms with Crippen LogP contribution in [-0.4, -0.2) is 20.6 Å². The van der Waals surface area contributed by atoms with Gasteiger partial charge in [0.05, 0.1) is 5.54 Å². The van der Waals surface area contributed by atoms with Crippen LogP contribution >= 0.6 is 0 Å². The number of nitrogens with one attached hydrogen (secondary N) is 1. The molecule has 5 heteroatoms. The molecule has 0 aromatic heterocycles. The molecule has 0 bridgehead atoms. The number of hydrogen-bond donors (Lipinski definition) is 2. The van der Waals surface area contributed by atoms with Crippen molar-refractivity contribution < 1.29 is 13.6 Å². The van der Waals surface area contributed by atoms with Crippen LogP contribution < -0.4 is 5.32 Å². The minimum Gasteiger partial charge on any atom is -0.302 e. The minimum atomic E-state index is -1.97. The molecule has 2 rings (SSSR count). The van der Waals surface area contributed by atoms with Crippen molar-refractivity contribution in [2.75, 3.05) is 0 Å². The quantitative estimate of drug-likeness (QED) is 0.627. The van der Waals surface area contributed by atoms with Crippen molar-refractivity contribution in [1.82, 2.24) is 5.32 Å². The van der Waals surface area contributed by atoms with E-state index in [1.165, 1.54) is 0 Å². The summed E-state index contributed by atoms with van der Waals surface area (Å²) in [5.74, 6) is 0. The summed E-state index contributed by atoms with van der Waals surface area (Å²) in [5, 5.41) is 3.16. The molecule has 0 saturated carbocycles. The van der Waals surface area contributed by atoms with Crippen molar-refractivity contribution in [3.05, 3.63) is 46.9 Å². The Bertz CT molecular complexity index is 486. The van der Waals surface area contributed by atoms with Gasteiger partial charge in [0.25, 0.3) is 0 Å². The second-order valence-electron chi connectivity index (χ2n) is 4.36. The van der Waals surface area contributed by atoms with Crippen molar-refractivity contribution in [1.29, 1.82) is 0 Å². The molecule has 0 saturated heterocycles. The molecule has 0 aliphatic heterocycles. The Morgan fingerprint density at radius 3 is 2.67 bits per heavy atom. The van der Waals surface area contributed by atoms with Crippen LogP contribution in [0.15, 0.2) is 41.3 Å². The fourth-order valence-electron chi connectivity index (χ4n) is 2.04. The van der Waals surface area contributed by atoms with Crippen LogP contribution in [-0.2, 0) is 22.4 Å². The summed E-state index contributed by atoms with van der Waals surface area (Å²) in [6, 6.07) is 9.73. The average Bonchev–Trinajstić information content (AvgIpc) is 2.83. The maximum Gasteiger partial charge on any atom is 0.182 e. The average molecular weight is 265 g/mol. The molecular formula is C13H15NO3S. The first-order chi connectivity index (χ1) is 8.65. The van der Waals surface area contributed by atoms with Gasteiger partial charge in [0.2, 0.25) is 0 Å². The van der Waals surface area contributed by atoms with Gasteiger partial charge in [0.1, 0.15) is 6.29 Å². The fraction of sp³-hybridized carbons (Fsp3) is 0.308. The van der Waals surface area contributed by atoms with Crippen molar-refractivity contribution in [2.45, 2.75) is 24.9 Å². The number of hydrogen-bond acceptors (Lipinski definition) is 3. The van der Waals surface area contributed by atoms with Gasteiger partial charge in [-0.05, 0) is 24.5 Å². The maximum absolute atomic E-state index is 11.2. The van der Waals surface area contributed by atoms with Gasteiger partial charge >= 0.3 is 0 Å². The van der Waals surface area contributed by atoms with Gasteiger partial charge in [-0.25, -0.2) is 4.21 Å². The van der Waals surface area contributed by atoms with Gasteiger partial charge < -0.3 is 9.35 Å². The molecule has 1 aliphatic carbocycles. The third-order valence-electron chi connectivity index (χ3n) is 3.10. The molecule has 0 amide bonds. The third kappa shape index (κ3) is 2.93. The Hall–Kier alpha value is -1.30. The molecule has 0 spiro atoms. The zero-order valence-electron chi connectivity index (χ0n) is 9.83. The maximum atomic E-state index is 11.2. The van der Waals surface area contributed by atoms with Gasteiger partial charge in [-0.2, -0.15) is 0 Å². The summed E-state index contributed by atoms with van der Waals surface area (Å²) >= 11 is -1.97. The normalized spacial score (nSPS) is 24.6. The van der Waals surface area contributed by atoms with E-state index in [2.05, 4.69) is 5.32 Å². The van der Waals surface area contributed by atoms with Crippen molar-refractivity contribution in [3.63, 3.8) is 0 Å². The molecule has 0 radical (unpaired) electrons. The lowest BCUT2D eigenvalue weighted by Crippen LogP contribution is -2.42. The predicted octanol–water partition coefficient (Wildman–Crippen LogP) is 1.61. The van der Waals surface area contributed by atoms with Crippen LogP contribution in [0.1, 0.15) is 18.4 Å². The molecule has 1 aliphatic rings. The Morgan fingerprint density at radius 1 is 1.39 bits per heavy atom. The molecule has 0 fully saturated rings. The van der Waals surface area contributed by atoms with Gasteiger partial charge in [-0.15, -0.1) is 0 Å². The SMILES string of the molecule is O=C[C@@]1(NCc2ccccc2)C=C(S(=O)O)CC1. The van der Waals surface area contributed by atoms with Crippen molar-refractivity contribution >= 4 is 17.4 Å². The first-order valence-electron chi connectivity index (χ1n) is 5.73. The minimum absolute atomic E-state index is 0.419. The first-order valence-corrected chi connectivity index (χ1v) is 6.84. The monoisotopic (exact) mass is 265 g/mol. The van der Waals surface area contributed by atoms with Crippen molar-refractivity contribution in [3.8, 4) is 0 Å². The van der Waals surface area contributed by atoms with E-state index >= 15 is 0 Å². The number of allylic oxidation sites excluding steroid dienone is 1. The molecule has 0 heterocycles. The summed E-state index contributed by atoms with van der Waals surface area (Å²) in [5.41, 5.74) is 0.273. The molecular weight excluding hydrogens is 250 g/mol. The van der Waals surface area contributed by atoms with E-state index in [4.69, 9.17) is 4.55 Å². The van der Waals surface area contributed by atoms with Crippen LogP contribution in [0.5, 0.6) is 0 Å².